The number of nitrogens with one attached hydrogen (secondary N) is 1. The number of methoxy groups -OCH3 is 1. The highest BCUT2D eigenvalue weighted by molar-refractivity contribution is 7.88. The van der Waals surface area contributed by atoms with Gasteiger partial charge in [-0.15, -0.1) is 0 Å². The van der Waals surface area contributed by atoms with E-state index in [1.807, 2.05) is 13.8 Å². The summed E-state index contributed by atoms with van der Waals surface area (Å²) in [6.07, 6.45) is 0.121. The molecule has 4 aromatic rings. The molecule has 1 amide bonds. The fraction of sp³-hybridized carbons (Fsp3) is 0.257. The zero-order chi connectivity index (χ0) is 35.2. The lowest BCUT2D eigenvalue weighted by Crippen LogP contribution is -2.21. The minimum absolute atomic E-state index is 0.171. The second-order valence-electron chi connectivity index (χ2n) is 11.5. The van der Waals surface area contributed by atoms with Gasteiger partial charge in [-0.25, -0.2) is 22.3 Å². The molecule has 2 atom stereocenters. The third-order valence-electron chi connectivity index (χ3n) is 7.44. The Kier molecular flexibility index (Phi) is 11.7. The van der Waals surface area contributed by atoms with Gasteiger partial charge in [0, 0.05) is 35.0 Å². The molecule has 13 heteroatoms. The lowest BCUT2D eigenvalue weighted by atomic mass is 9.94. The largest absolute Gasteiger partial charge is 0.469 e. The lowest BCUT2D eigenvalue weighted by molar-refractivity contribution is -0.143. The predicted octanol–water partition coefficient (Wildman–Crippen LogP) is 5.41. The molecule has 0 aliphatic heterocycles. The van der Waals surface area contributed by atoms with Gasteiger partial charge in [-0.1, -0.05) is 42.5 Å². The Morgan fingerprint density at radius 3 is 1.96 bits per heavy atom. The molecule has 48 heavy (non-hydrogen) atoms. The van der Waals surface area contributed by atoms with Crippen LogP contribution in [0, 0.1) is 11.6 Å². The smallest absolute Gasteiger partial charge is 0.308 e. The van der Waals surface area contributed by atoms with Crippen LogP contribution in [0.5, 0.6) is 0 Å². The second-order valence-corrected chi connectivity index (χ2v) is 13.1. The molecule has 0 radical (unpaired) electrons. The van der Waals surface area contributed by atoms with Crippen molar-refractivity contribution in [3.63, 3.8) is 0 Å². The van der Waals surface area contributed by atoms with E-state index in [1.54, 1.807) is 22.8 Å². The molecule has 1 aromatic heterocycles. The standard InChI is InChI=1S/C35H37F2N3O7S/c1-21(2)40-30(17-16-28(41)18-29(42)19-31(43)47-3)32(23-6-10-25(36)11-7-23)33(24-8-12-26(37)13-9-24)34(40)35(44)39-27-14-4-22(5-15-27)20-48(38,45)46/h4-17,21,28-29,41-42H,18-20H2,1-3H3,(H,39,44)(H2,38,45,46)/t28-,29+/m0/s1. The number of hydrogen-bond acceptors (Lipinski definition) is 7. The quantitative estimate of drug-likeness (QED) is 0.137. The summed E-state index contributed by atoms with van der Waals surface area (Å²) >= 11 is 0. The van der Waals surface area contributed by atoms with Crippen molar-refractivity contribution in [1.82, 2.24) is 4.57 Å². The number of carbonyl (C=O) groups is 2. The maximum absolute atomic E-state index is 14.2. The number of esters is 1. The Labute approximate surface area is 277 Å². The van der Waals surface area contributed by atoms with Crippen LogP contribution in [0.15, 0.2) is 78.9 Å². The van der Waals surface area contributed by atoms with E-state index in [-0.39, 0.29) is 30.3 Å². The molecule has 4 rings (SSSR count). The molecule has 254 valence electrons. The van der Waals surface area contributed by atoms with Crippen molar-refractivity contribution < 1.29 is 41.7 Å². The minimum Gasteiger partial charge on any atom is -0.469 e. The first-order chi connectivity index (χ1) is 22.7. The summed E-state index contributed by atoms with van der Waals surface area (Å²) in [5.74, 6) is -2.55. The summed E-state index contributed by atoms with van der Waals surface area (Å²) in [7, 11) is -2.57. The molecule has 0 spiro atoms. The van der Waals surface area contributed by atoms with Crippen molar-refractivity contribution in [2.75, 3.05) is 12.4 Å². The number of anilines is 1. The van der Waals surface area contributed by atoms with Crippen LogP contribution < -0.4 is 10.5 Å². The van der Waals surface area contributed by atoms with Crippen molar-refractivity contribution in [3.8, 4) is 22.3 Å². The minimum atomic E-state index is -3.77. The van der Waals surface area contributed by atoms with E-state index in [1.165, 1.54) is 73.8 Å². The molecule has 0 aliphatic carbocycles. The first-order valence-electron chi connectivity index (χ1n) is 15.0. The third-order valence-corrected chi connectivity index (χ3v) is 8.18. The van der Waals surface area contributed by atoms with Crippen molar-refractivity contribution in [2.24, 2.45) is 5.14 Å². The number of aromatic nitrogens is 1. The number of hydrogen-bond donors (Lipinski definition) is 4. The van der Waals surface area contributed by atoms with Gasteiger partial charge >= 0.3 is 5.97 Å². The predicted molar refractivity (Wildman–Crippen MR) is 179 cm³/mol. The number of nitrogens with two attached hydrogens (primary N) is 1. The summed E-state index contributed by atoms with van der Waals surface area (Å²) < 4.78 is 57.6. The summed E-state index contributed by atoms with van der Waals surface area (Å²) in [4.78, 5) is 25.8. The Morgan fingerprint density at radius 1 is 0.917 bits per heavy atom. The first-order valence-corrected chi connectivity index (χ1v) is 16.7. The maximum Gasteiger partial charge on any atom is 0.308 e. The zero-order valence-electron chi connectivity index (χ0n) is 26.6. The fourth-order valence-corrected chi connectivity index (χ4v) is 6.02. The molecule has 0 bridgehead atoms. The number of aliphatic hydroxyl groups excluding tert-OH is 2. The van der Waals surface area contributed by atoms with Crippen LogP contribution in [0.25, 0.3) is 28.3 Å². The van der Waals surface area contributed by atoms with Gasteiger partial charge < -0.3 is 24.8 Å². The van der Waals surface area contributed by atoms with Gasteiger partial charge in [-0.3, -0.25) is 9.59 Å². The van der Waals surface area contributed by atoms with Gasteiger partial charge in [-0.05, 0) is 73.0 Å². The number of aliphatic hydroxyl groups is 2. The Balaban J connectivity index is 1.91. The van der Waals surface area contributed by atoms with Crippen LogP contribution in [-0.4, -0.2) is 54.4 Å². The van der Waals surface area contributed by atoms with Gasteiger partial charge in [0.05, 0.1) is 31.5 Å². The van der Waals surface area contributed by atoms with E-state index in [4.69, 9.17) is 5.14 Å². The molecule has 0 unspecified atom stereocenters. The monoisotopic (exact) mass is 681 g/mol. The molecule has 0 saturated heterocycles. The van der Waals surface area contributed by atoms with Gasteiger partial charge in [0.25, 0.3) is 5.91 Å². The molecular weight excluding hydrogens is 644 g/mol. The Bertz CT molecular complexity index is 1890. The van der Waals surface area contributed by atoms with Crippen LogP contribution in [0.4, 0.5) is 14.5 Å². The summed E-state index contributed by atoms with van der Waals surface area (Å²) in [5.41, 5.74) is 3.30. The van der Waals surface area contributed by atoms with Crippen molar-refractivity contribution in [1.29, 1.82) is 0 Å². The van der Waals surface area contributed by atoms with Crippen molar-refractivity contribution in [3.05, 3.63) is 107 Å². The first kappa shape index (κ1) is 36.2. The molecule has 0 aliphatic rings. The molecule has 0 saturated carbocycles. The summed E-state index contributed by atoms with van der Waals surface area (Å²) in [5, 5.41) is 29.1. The van der Waals surface area contributed by atoms with E-state index < -0.39 is 45.7 Å². The van der Waals surface area contributed by atoms with Gasteiger partial charge in [-0.2, -0.15) is 0 Å². The fourth-order valence-electron chi connectivity index (χ4n) is 5.36. The SMILES string of the molecule is COC(=O)C[C@H](O)C[C@@H](O)C=Cc1c(-c2ccc(F)cc2)c(-c2ccc(F)cc2)c(C(=O)Nc2ccc(CS(N)(=O)=O)cc2)n1C(C)C. The van der Waals surface area contributed by atoms with Crippen molar-refractivity contribution in [2.45, 2.75) is 50.7 Å². The Morgan fingerprint density at radius 2 is 1.46 bits per heavy atom. The average molecular weight is 682 g/mol. The van der Waals surface area contributed by atoms with Crippen LogP contribution in [0.3, 0.4) is 0 Å². The number of ether oxygens (including phenoxy) is 1. The number of sulfonamides is 1. The normalized spacial score (nSPS) is 13.1. The van der Waals surface area contributed by atoms with E-state index in [0.29, 0.717) is 39.2 Å². The van der Waals surface area contributed by atoms with E-state index in [9.17, 15) is 37.0 Å². The average Bonchev–Trinajstić information content (AvgIpc) is 3.36. The number of rotatable bonds is 13. The van der Waals surface area contributed by atoms with Crippen LogP contribution in [0.2, 0.25) is 0 Å². The molecule has 1 heterocycles. The topological polar surface area (TPSA) is 161 Å². The summed E-state index contributed by atoms with van der Waals surface area (Å²) in [6, 6.07) is 16.9. The van der Waals surface area contributed by atoms with Crippen LogP contribution in [-0.2, 0) is 25.3 Å². The van der Waals surface area contributed by atoms with E-state index in [0.717, 1.165) is 0 Å². The zero-order valence-corrected chi connectivity index (χ0v) is 27.4. The van der Waals surface area contributed by atoms with Crippen LogP contribution in [0.1, 0.15) is 54.5 Å². The number of primary sulfonamides is 1. The number of carbonyl (C=O) groups excluding carboxylic acids is 2. The number of benzene rings is 3. The Hall–Kier alpha value is -4.69. The maximum atomic E-state index is 14.2. The van der Waals surface area contributed by atoms with E-state index in [2.05, 4.69) is 10.1 Å². The number of nitrogens with zero attached hydrogens (tertiary/aromatic N) is 1. The van der Waals surface area contributed by atoms with E-state index >= 15 is 0 Å². The number of amides is 1. The summed E-state index contributed by atoms with van der Waals surface area (Å²) in [6.45, 7) is 3.69. The lowest BCUT2D eigenvalue weighted by Gasteiger charge is -2.17. The highest BCUT2D eigenvalue weighted by atomic mass is 32.2. The van der Waals surface area contributed by atoms with Crippen LogP contribution >= 0.6 is 0 Å². The molecule has 0 fully saturated rings. The second kappa shape index (κ2) is 15.5. The number of halogens is 2. The highest BCUT2D eigenvalue weighted by Crippen LogP contribution is 2.43. The highest BCUT2D eigenvalue weighted by Gasteiger charge is 2.30. The van der Waals surface area contributed by atoms with Gasteiger partial charge in [0.1, 0.15) is 17.3 Å². The molecule has 3 aromatic carbocycles. The molecule has 5 N–H and O–H groups in total. The third kappa shape index (κ3) is 9.22. The van der Waals surface area contributed by atoms with Crippen molar-refractivity contribution >= 4 is 33.7 Å². The van der Waals surface area contributed by atoms with Gasteiger partial charge in [0.15, 0.2) is 0 Å². The van der Waals surface area contributed by atoms with Gasteiger partial charge in [0.2, 0.25) is 10.0 Å². The molecular formula is C35H37F2N3O7S. The molecule has 10 nitrogen and oxygen atoms in total.